The Hall–Kier alpha value is -2.41. The predicted octanol–water partition coefficient (Wildman–Crippen LogP) is 3.41. The minimum atomic E-state index is -0.403. The van der Waals surface area contributed by atoms with Crippen LogP contribution in [0.15, 0.2) is 40.7 Å². The van der Waals surface area contributed by atoms with E-state index in [2.05, 4.69) is 10.3 Å². The largest absolute Gasteiger partial charge is 0.472 e. The van der Waals surface area contributed by atoms with Crippen LogP contribution in [0.1, 0.15) is 5.56 Å². The van der Waals surface area contributed by atoms with Crippen molar-refractivity contribution in [2.45, 2.75) is 6.54 Å². The van der Waals surface area contributed by atoms with Crippen LogP contribution in [0.3, 0.4) is 0 Å². The molecule has 0 spiro atoms. The smallest absolute Gasteiger partial charge is 0.319 e. The molecule has 0 saturated heterocycles. The molecule has 19 heavy (non-hydrogen) atoms. The van der Waals surface area contributed by atoms with Crippen molar-refractivity contribution in [1.82, 2.24) is 4.98 Å². The molecule has 1 N–H and O–H groups in total. The molecule has 2 heterocycles. The zero-order valence-electron chi connectivity index (χ0n) is 9.70. The Kier molecular flexibility index (Phi) is 2.88. The number of anilines is 1. The van der Waals surface area contributed by atoms with Crippen molar-refractivity contribution < 1.29 is 9.34 Å². The highest BCUT2D eigenvalue weighted by molar-refractivity contribution is 7.16. The molecule has 0 aliphatic carbocycles. The van der Waals surface area contributed by atoms with E-state index < -0.39 is 4.92 Å². The molecule has 3 rings (SSSR count). The molecule has 1 aromatic carbocycles. The van der Waals surface area contributed by atoms with Gasteiger partial charge in [-0.1, -0.05) is 0 Å². The van der Waals surface area contributed by atoms with E-state index in [1.165, 1.54) is 11.3 Å². The van der Waals surface area contributed by atoms with Crippen LogP contribution < -0.4 is 5.32 Å². The minimum Gasteiger partial charge on any atom is -0.472 e. The summed E-state index contributed by atoms with van der Waals surface area (Å²) in [6.45, 7) is 0.465. The van der Waals surface area contributed by atoms with Crippen LogP contribution in [-0.2, 0) is 6.54 Å². The second-order valence-electron chi connectivity index (χ2n) is 3.90. The van der Waals surface area contributed by atoms with Crippen LogP contribution in [0.5, 0.6) is 0 Å². The number of aromatic nitrogens is 1. The maximum absolute atomic E-state index is 11.2. The quantitative estimate of drug-likeness (QED) is 0.583. The van der Waals surface area contributed by atoms with Gasteiger partial charge in [-0.05, 0) is 18.2 Å². The standard InChI is InChI=1S/C12H9N3O3S/c16-15(17)12-9(13-5-8-3-4-18-6-8)1-2-10-11(12)14-7-19-10/h1-4,6-7,13H,5H2. The normalized spacial score (nSPS) is 10.7. The van der Waals surface area contributed by atoms with E-state index in [9.17, 15) is 10.1 Å². The van der Waals surface area contributed by atoms with Crippen molar-refractivity contribution >= 4 is 32.9 Å². The summed E-state index contributed by atoms with van der Waals surface area (Å²) in [6.07, 6.45) is 3.16. The first-order chi connectivity index (χ1) is 9.25. The van der Waals surface area contributed by atoms with E-state index >= 15 is 0 Å². The molecule has 0 aliphatic rings. The van der Waals surface area contributed by atoms with Gasteiger partial charge in [0.1, 0.15) is 5.69 Å². The number of fused-ring (bicyclic) bond motifs is 1. The van der Waals surface area contributed by atoms with Gasteiger partial charge in [0.25, 0.3) is 0 Å². The highest BCUT2D eigenvalue weighted by Crippen LogP contribution is 2.34. The zero-order chi connectivity index (χ0) is 13.2. The van der Waals surface area contributed by atoms with E-state index in [0.29, 0.717) is 17.7 Å². The summed E-state index contributed by atoms with van der Waals surface area (Å²) >= 11 is 1.39. The number of hydrogen-bond donors (Lipinski definition) is 1. The maximum atomic E-state index is 11.2. The Morgan fingerprint density at radius 2 is 2.32 bits per heavy atom. The van der Waals surface area contributed by atoms with E-state index in [-0.39, 0.29) is 5.69 Å². The molecule has 0 aliphatic heterocycles. The van der Waals surface area contributed by atoms with Crippen LogP contribution in [0.25, 0.3) is 10.2 Å². The van der Waals surface area contributed by atoms with Crippen LogP contribution >= 0.6 is 11.3 Å². The molecule has 7 heteroatoms. The van der Waals surface area contributed by atoms with Gasteiger partial charge in [-0.15, -0.1) is 11.3 Å². The van der Waals surface area contributed by atoms with Crippen molar-refractivity contribution in [3.8, 4) is 0 Å². The van der Waals surface area contributed by atoms with Gasteiger partial charge < -0.3 is 9.73 Å². The summed E-state index contributed by atoms with van der Waals surface area (Å²) in [5.41, 5.74) is 3.43. The van der Waals surface area contributed by atoms with Crippen molar-refractivity contribution in [1.29, 1.82) is 0 Å². The van der Waals surface area contributed by atoms with E-state index in [0.717, 1.165) is 10.3 Å². The summed E-state index contributed by atoms with van der Waals surface area (Å²) in [5.74, 6) is 0. The third-order valence-corrected chi connectivity index (χ3v) is 3.52. The van der Waals surface area contributed by atoms with Crippen molar-refractivity contribution in [3.05, 3.63) is 51.9 Å². The second-order valence-corrected chi connectivity index (χ2v) is 4.79. The van der Waals surface area contributed by atoms with Crippen LogP contribution in [-0.4, -0.2) is 9.91 Å². The topological polar surface area (TPSA) is 81.2 Å². The van der Waals surface area contributed by atoms with Gasteiger partial charge in [0, 0.05) is 12.1 Å². The number of rotatable bonds is 4. The van der Waals surface area contributed by atoms with Crippen LogP contribution in [0.2, 0.25) is 0 Å². The Morgan fingerprint density at radius 1 is 1.42 bits per heavy atom. The third-order valence-electron chi connectivity index (χ3n) is 2.72. The van der Waals surface area contributed by atoms with Crippen molar-refractivity contribution in [2.75, 3.05) is 5.32 Å². The molecule has 6 nitrogen and oxygen atoms in total. The number of benzene rings is 1. The van der Waals surface area contributed by atoms with Gasteiger partial charge in [-0.3, -0.25) is 10.1 Å². The fourth-order valence-electron chi connectivity index (χ4n) is 1.83. The fraction of sp³-hybridized carbons (Fsp3) is 0.0833. The SMILES string of the molecule is O=[N+]([O-])c1c(NCc2ccoc2)ccc2scnc12. The summed E-state index contributed by atoms with van der Waals surface area (Å²) in [5, 5.41) is 14.2. The molecular weight excluding hydrogens is 266 g/mol. The lowest BCUT2D eigenvalue weighted by atomic mass is 10.2. The number of furan rings is 1. The molecule has 0 atom stereocenters. The zero-order valence-corrected chi connectivity index (χ0v) is 10.5. The molecule has 0 radical (unpaired) electrons. The number of nitro groups is 1. The van der Waals surface area contributed by atoms with Gasteiger partial charge in [0.15, 0.2) is 5.52 Å². The minimum absolute atomic E-state index is 0.0160. The molecule has 0 bridgehead atoms. The summed E-state index contributed by atoms with van der Waals surface area (Å²) in [7, 11) is 0. The van der Waals surface area contributed by atoms with Gasteiger partial charge >= 0.3 is 5.69 Å². The first kappa shape index (κ1) is 11.7. The van der Waals surface area contributed by atoms with Gasteiger partial charge in [0.05, 0.1) is 27.7 Å². The molecule has 3 aromatic rings. The first-order valence-corrected chi connectivity index (χ1v) is 6.39. The summed E-state index contributed by atoms with van der Waals surface area (Å²) in [6, 6.07) is 5.34. The molecular formula is C12H9N3O3S. The van der Waals surface area contributed by atoms with Crippen molar-refractivity contribution in [2.24, 2.45) is 0 Å². The lowest BCUT2D eigenvalue weighted by Gasteiger charge is -2.05. The van der Waals surface area contributed by atoms with Crippen molar-refractivity contribution in [3.63, 3.8) is 0 Å². The molecule has 0 saturated carbocycles. The maximum Gasteiger partial charge on any atom is 0.319 e. The lowest BCUT2D eigenvalue weighted by molar-refractivity contribution is -0.382. The van der Waals surface area contributed by atoms with E-state index in [4.69, 9.17) is 4.42 Å². The Bertz CT molecular complexity index is 721. The number of nitrogens with one attached hydrogen (secondary N) is 1. The van der Waals surface area contributed by atoms with E-state index in [1.807, 2.05) is 6.07 Å². The number of thiazole rings is 1. The van der Waals surface area contributed by atoms with Gasteiger partial charge in [-0.2, -0.15) is 0 Å². The Balaban J connectivity index is 1.97. The van der Waals surface area contributed by atoms with Gasteiger partial charge in [0.2, 0.25) is 0 Å². The Morgan fingerprint density at radius 3 is 3.05 bits per heavy atom. The average Bonchev–Trinajstić information content (AvgIpc) is 3.06. The lowest BCUT2D eigenvalue weighted by Crippen LogP contribution is -2.02. The highest BCUT2D eigenvalue weighted by Gasteiger charge is 2.20. The monoisotopic (exact) mass is 275 g/mol. The molecule has 0 fully saturated rings. The second kappa shape index (κ2) is 4.69. The van der Waals surface area contributed by atoms with Crippen LogP contribution in [0, 0.1) is 10.1 Å². The summed E-state index contributed by atoms with van der Waals surface area (Å²) < 4.78 is 5.76. The summed E-state index contributed by atoms with van der Waals surface area (Å²) in [4.78, 5) is 14.9. The molecule has 96 valence electrons. The average molecular weight is 275 g/mol. The highest BCUT2D eigenvalue weighted by atomic mass is 32.1. The number of nitro benzene ring substituents is 1. The van der Waals surface area contributed by atoms with Gasteiger partial charge in [-0.25, -0.2) is 4.98 Å². The number of nitrogens with zero attached hydrogens (tertiary/aromatic N) is 2. The Labute approximate surface area is 111 Å². The molecule has 2 aromatic heterocycles. The molecule has 0 unspecified atom stereocenters. The fourth-order valence-corrected chi connectivity index (χ4v) is 2.51. The first-order valence-electron chi connectivity index (χ1n) is 5.51. The van der Waals surface area contributed by atoms with Crippen LogP contribution in [0.4, 0.5) is 11.4 Å². The number of hydrogen-bond acceptors (Lipinski definition) is 6. The molecule has 0 amide bonds. The third kappa shape index (κ3) is 2.15. The van der Waals surface area contributed by atoms with E-state index in [1.54, 1.807) is 30.2 Å². The predicted molar refractivity (Wildman–Crippen MR) is 72.3 cm³/mol.